The molecule has 0 aliphatic carbocycles. The monoisotopic (exact) mass is 439 g/mol. The first-order valence-corrected chi connectivity index (χ1v) is 9.87. The van der Waals surface area contributed by atoms with Gasteiger partial charge in [-0.05, 0) is 17.7 Å². The summed E-state index contributed by atoms with van der Waals surface area (Å²) in [4.78, 5) is 43.1. The summed E-state index contributed by atoms with van der Waals surface area (Å²) in [5, 5.41) is 0. The van der Waals surface area contributed by atoms with Crippen molar-refractivity contribution >= 4 is 23.9 Å². The molecule has 0 spiro atoms. The van der Waals surface area contributed by atoms with Crippen molar-refractivity contribution in [1.29, 1.82) is 0 Å². The van der Waals surface area contributed by atoms with Crippen LogP contribution in [0.25, 0.3) is 6.08 Å². The topological polar surface area (TPSA) is 126 Å². The van der Waals surface area contributed by atoms with Crippen LogP contribution in [0.4, 0.5) is 4.79 Å². The molecule has 0 bridgehead atoms. The number of nitrogens with one attached hydrogen (secondary N) is 2. The van der Waals surface area contributed by atoms with Gasteiger partial charge in [0.1, 0.15) is 0 Å². The fraction of sp³-hybridized carbons (Fsp3) is 0.238. The number of hydrogen-bond acceptors (Lipinski definition) is 7. The average molecular weight is 439 g/mol. The maximum absolute atomic E-state index is 12.4. The summed E-state index contributed by atoms with van der Waals surface area (Å²) in [5.74, 6) is 0.659. The van der Waals surface area contributed by atoms with E-state index in [1.807, 2.05) is 24.3 Å². The van der Waals surface area contributed by atoms with Gasteiger partial charge >= 0.3 is 11.9 Å². The van der Waals surface area contributed by atoms with Gasteiger partial charge in [0.2, 0.25) is 18.5 Å². The second kappa shape index (κ2) is 9.69. The third-order valence-electron chi connectivity index (χ3n) is 4.85. The van der Waals surface area contributed by atoms with Crippen molar-refractivity contribution < 1.29 is 28.3 Å². The Morgan fingerprint density at radius 1 is 0.969 bits per heavy atom. The predicted octanol–water partition coefficient (Wildman–Crippen LogP) is 1.17. The Balaban J connectivity index is 1.19. The van der Waals surface area contributed by atoms with E-state index in [-0.39, 0.29) is 18.5 Å². The van der Waals surface area contributed by atoms with Gasteiger partial charge in [0.15, 0.2) is 17.9 Å². The predicted molar refractivity (Wildman–Crippen MR) is 111 cm³/mol. The molecule has 166 valence electrons. The summed E-state index contributed by atoms with van der Waals surface area (Å²) in [6.45, 7) is 1.69. The number of fused-ring (bicyclic) bond motifs is 1. The van der Waals surface area contributed by atoms with Gasteiger partial charge in [0.25, 0.3) is 0 Å². The molecule has 0 unspecified atom stereocenters. The number of carbonyl (C=O) groups is 3. The van der Waals surface area contributed by atoms with E-state index in [0.717, 1.165) is 17.7 Å². The van der Waals surface area contributed by atoms with E-state index in [2.05, 4.69) is 15.8 Å². The number of rotatable bonds is 4. The molecule has 1 saturated heterocycles. The van der Waals surface area contributed by atoms with Gasteiger partial charge in [0, 0.05) is 32.3 Å². The number of carbonyl (C=O) groups excluding carboxylic acids is 3. The molecular formula is C21H21N5O6. The van der Waals surface area contributed by atoms with Crippen LogP contribution in [0.5, 0.6) is 11.5 Å². The number of nitrogens with zero attached hydrogens (tertiary/aromatic N) is 3. The normalized spacial score (nSPS) is 15.4. The lowest BCUT2D eigenvalue weighted by molar-refractivity contribution is -0.127. The number of urea groups is 1. The Labute approximate surface area is 183 Å². The maximum Gasteiger partial charge on any atom is 0.336 e. The number of aromatic nitrogens is 1. The molecule has 3 heterocycles. The average Bonchev–Trinajstić information content (AvgIpc) is 3.52. The third-order valence-corrected chi connectivity index (χ3v) is 4.85. The minimum absolute atomic E-state index is 0.0138. The lowest BCUT2D eigenvalue weighted by Gasteiger charge is -2.34. The molecule has 2 aliphatic rings. The van der Waals surface area contributed by atoms with Crippen LogP contribution in [0.15, 0.2) is 53.4 Å². The van der Waals surface area contributed by atoms with Crippen LogP contribution in [-0.4, -0.2) is 65.6 Å². The minimum Gasteiger partial charge on any atom is -0.454 e. The van der Waals surface area contributed by atoms with Crippen molar-refractivity contribution in [2.75, 3.05) is 33.0 Å². The molecule has 1 fully saturated rings. The van der Waals surface area contributed by atoms with Gasteiger partial charge in [0.05, 0.1) is 6.20 Å². The third kappa shape index (κ3) is 5.06. The quantitative estimate of drug-likeness (QED) is 0.416. The standard InChI is InChI=1S/C21H21N5O6/c27-19(4-2-1-3-15-5-6-16-17(11-15)32-14-31-16)25-7-9-26(10-8-25)21(29)24-23-20(28)18-12-22-13-30-18/h1-6,11-13H,7-10,14H2,(H,23,28)(H,24,29)/b3-1+,4-2+. The molecule has 4 rings (SSSR count). The summed E-state index contributed by atoms with van der Waals surface area (Å²) in [5.41, 5.74) is 5.50. The summed E-state index contributed by atoms with van der Waals surface area (Å²) in [7, 11) is 0. The van der Waals surface area contributed by atoms with Gasteiger partial charge in [-0.1, -0.05) is 24.3 Å². The number of amides is 4. The van der Waals surface area contributed by atoms with Crippen molar-refractivity contribution in [3.63, 3.8) is 0 Å². The first kappa shape index (κ1) is 21.0. The Morgan fingerprint density at radius 2 is 1.75 bits per heavy atom. The Morgan fingerprint density at radius 3 is 2.53 bits per heavy atom. The molecular weight excluding hydrogens is 418 g/mol. The number of hydrogen-bond donors (Lipinski definition) is 2. The molecule has 0 radical (unpaired) electrons. The number of benzene rings is 1. The van der Waals surface area contributed by atoms with Crippen molar-refractivity contribution in [2.24, 2.45) is 0 Å². The number of oxazole rings is 1. The van der Waals surface area contributed by atoms with Crippen molar-refractivity contribution in [2.45, 2.75) is 0 Å². The first-order chi connectivity index (χ1) is 15.6. The van der Waals surface area contributed by atoms with Gasteiger partial charge < -0.3 is 23.7 Å². The number of piperazine rings is 1. The molecule has 11 nitrogen and oxygen atoms in total. The van der Waals surface area contributed by atoms with E-state index >= 15 is 0 Å². The fourth-order valence-electron chi connectivity index (χ4n) is 3.14. The molecule has 4 amide bonds. The largest absolute Gasteiger partial charge is 0.454 e. The zero-order valence-electron chi connectivity index (χ0n) is 17.0. The molecule has 0 saturated carbocycles. The van der Waals surface area contributed by atoms with E-state index in [9.17, 15) is 14.4 Å². The second-order valence-corrected chi connectivity index (χ2v) is 6.89. The van der Waals surface area contributed by atoms with Crippen molar-refractivity contribution in [3.8, 4) is 11.5 Å². The lowest BCUT2D eigenvalue weighted by Crippen LogP contribution is -2.55. The summed E-state index contributed by atoms with van der Waals surface area (Å²) in [6.07, 6.45) is 9.15. The van der Waals surface area contributed by atoms with Crippen molar-refractivity contribution in [3.05, 3.63) is 60.3 Å². The molecule has 2 aromatic rings. The number of ether oxygens (including phenoxy) is 2. The molecule has 2 N–H and O–H groups in total. The summed E-state index contributed by atoms with van der Waals surface area (Å²) in [6, 6.07) is 5.14. The van der Waals surface area contributed by atoms with E-state index in [1.165, 1.54) is 17.2 Å². The van der Waals surface area contributed by atoms with Crippen LogP contribution in [0.2, 0.25) is 0 Å². The molecule has 11 heteroatoms. The number of hydrazine groups is 1. The zero-order chi connectivity index (χ0) is 22.3. The van der Waals surface area contributed by atoms with Crippen LogP contribution in [0.1, 0.15) is 16.1 Å². The highest BCUT2D eigenvalue weighted by molar-refractivity contribution is 5.92. The molecule has 1 aromatic heterocycles. The van der Waals surface area contributed by atoms with Crippen LogP contribution in [-0.2, 0) is 4.79 Å². The molecule has 32 heavy (non-hydrogen) atoms. The Bertz CT molecular complexity index is 1040. The lowest BCUT2D eigenvalue weighted by atomic mass is 10.2. The van der Waals surface area contributed by atoms with Gasteiger partial charge in [-0.25, -0.2) is 15.2 Å². The SMILES string of the molecule is O=C(NNC(=O)N1CCN(C(=O)/C=C/C=C/c2ccc3c(c2)OCO3)CC1)c1cnco1. The van der Waals surface area contributed by atoms with Crippen LogP contribution in [0.3, 0.4) is 0 Å². The highest BCUT2D eigenvalue weighted by atomic mass is 16.7. The summed E-state index contributed by atoms with van der Waals surface area (Å²) >= 11 is 0. The van der Waals surface area contributed by atoms with Crippen LogP contribution in [0, 0.1) is 0 Å². The van der Waals surface area contributed by atoms with Gasteiger partial charge in [-0.3, -0.25) is 15.0 Å². The first-order valence-electron chi connectivity index (χ1n) is 9.87. The van der Waals surface area contributed by atoms with E-state index in [1.54, 1.807) is 17.1 Å². The molecule has 2 aliphatic heterocycles. The maximum atomic E-state index is 12.4. The second-order valence-electron chi connectivity index (χ2n) is 6.89. The molecule has 1 aromatic carbocycles. The highest BCUT2D eigenvalue weighted by Gasteiger charge is 2.23. The van der Waals surface area contributed by atoms with Crippen LogP contribution < -0.4 is 20.3 Å². The van der Waals surface area contributed by atoms with Gasteiger partial charge in [-0.15, -0.1) is 0 Å². The van der Waals surface area contributed by atoms with E-state index in [0.29, 0.717) is 31.9 Å². The number of allylic oxidation sites excluding steroid dienone is 2. The van der Waals surface area contributed by atoms with E-state index < -0.39 is 11.9 Å². The smallest absolute Gasteiger partial charge is 0.336 e. The Hall–Kier alpha value is -4.28. The highest BCUT2D eigenvalue weighted by Crippen LogP contribution is 2.32. The minimum atomic E-state index is -0.608. The molecule has 0 atom stereocenters. The van der Waals surface area contributed by atoms with Gasteiger partial charge in [-0.2, -0.15) is 0 Å². The summed E-state index contributed by atoms with van der Waals surface area (Å²) < 4.78 is 15.5. The Kier molecular flexibility index (Phi) is 6.35. The van der Waals surface area contributed by atoms with Crippen molar-refractivity contribution in [1.82, 2.24) is 25.6 Å². The fourth-order valence-corrected chi connectivity index (χ4v) is 3.14. The van der Waals surface area contributed by atoms with Crippen LogP contribution >= 0.6 is 0 Å². The van der Waals surface area contributed by atoms with E-state index in [4.69, 9.17) is 13.9 Å². The zero-order valence-corrected chi connectivity index (χ0v) is 17.0.